The average molecular weight is 257 g/mol. The normalized spacial score (nSPS) is 34.6. The number of methoxy groups -OCH3 is 1. The van der Waals surface area contributed by atoms with Crippen LogP contribution < -0.4 is 9.64 Å². The number of nitrogens with zero attached hydrogens (tertiary/aromatic N) is 1. The molecular weight excluding hydrogens is 226 g/mol. The van der Waals surface area contributed by atoms with Crippen LogP contribution in [0.2, 0.25) is 0 Å². The van der Waals surface area contributed by atoms with Gasteiger partial charge in [0.05, 0.1) is 36.9 Å². The third-order valence-corrected chi connectivity index (χ3v) is 2.70. The third kappa shape index (κ3) is 2.78. The summed E-state index contributed by atoms with van der Waals surface area (Å²) in [5, 5.41) is 0. The molecule has 0 bridgehead atoms. The van der Waals surface area contributed by atoms with E-state index in [9.17, 15) is 0 Å². The summed E-state index contributed by atoms with van der Waals surface area (Å²) in [6.07, 6.45) is 0. The molecular formula is C15H23NO2. The number of anilines is 1. The molecule has 1 aromatic rings. The summed E-state index contributed by atoms with van der Waals surface area (Å²) < 4.78 is 73.5. The van der Waals surface area contributed by atoms with Crippen LogP contribution in [0.25, 0.3) is 0 Å². The molecule has 0 aliphatic carbocycles. The molecule has 1 aromatic carbocycles. The van der Waals surface area contributed by atoms with E-state index in [0.29, 0.717) is 4.90 Å². The smallest absolute Gasteiger partial charge is 0.142 e. The van der Waals surface area contributed by atoms with E-state index in [-0.39, 0.29) is 16.9 Å². The van der Waals surface area contributed by atoms with Crippen molar-refractivity contribution in [3.05, 3.63) is 23.8 Å². The van der Waals surface area contributed by atoms with Crippen molar-refractivity contribution >= 4 is 5.69 Å². The Labute approximate surface area is 121 Å². The van der Waals surface area contributed by atoms with Crippen LogP contribution in [0.3, 0.4) is 0 Å². The van der Waals surface area contributed by atoms with Crippen LogP contribution in [0.15, 0.2) is 18.2 Å². The lowest BCUT2D eigenvalue weighted by Crippen LogP contribution is -2.36. The summed E-state index contributed by atoms with van der Waals surface area (Å²) in [5.41, 5.74) is 0.489. The van der Waals surface area contributed by atoms with Crippen LogP contribution in [0.1, 0.15) is 37.3 Å². The molecule has 0 atom stereocenters. The highest BCUT2D eigenvalue weighted by molar-refractivity contribution is 5.60. The molecule has 0 radical (unpaired) electrons. The van der Waals surface area contributed by atoms with Crippen LogP contribution in [-0.4, -0.2) is 33.2 Å². The Morgan fingerprint density at radius 1 is 1.28 bits per heavy atom. The summed E-state index contributed by atoms with van der Waals surface area (Å²) >= 11 is 0. The monoisotopic (exact) mass is 257 g/mol. The minimum Gasteiger partial charge on any atom is -0.495 e. The number of benzene rings is 1. The van der Waals surface area contributed by atoms with Gasteiger partial charge < -0.3 is 14.4 Å². The first-order valence-electron chi connectivity index (χ1n) is 9.68. The number of ether oxygens (including phenoxy) is 2. The minimum atomic E-state index is -3.10. The lowest BCUT2D eigenvalue weighted by Gasteiger charge is -2.31. The van der Waals surface area contributed by atoms with E-state index in [1.165, 1.54) is 13.2 Å². The molecule has 1 saturated heterocycles. The van der Waals surface area contributed by atoms with Crippen LogP contribution in [0.4, 0.5) is 5.69 Å². The molecule has 1 aliphatic heterocycles. The largest absolute Gasteiger partial charge is 0.495 e. The lowest BCUT2D eigenvalue weighted by atomic mass is 9.87. The second-order valence-electron chi connectivity index (χ2n) is 5.00. The fraction of sp³-hybridized carbons (Fsp3) is 0.600. The standard InChI is InChI=1S/C15H23NO2/c1-15(2,3)12-5-6-13(14(11-12)17-4)16-7-9-18-10-8-16/h5-6,11H,7-10H2,1-4H3/i7D2,8D2,9D2,10D2. The van der Waals surface area contributed by atoms with Gasteiger partial charge in [0, 0.05) is 13.0 Å². The van der Waals surface area contributed by atoms with Crippen molar-refractivity contribution in [2.24, 2.45) is 0 Å². The summed E-state index contributed by atoms with van der Waals surface area (Å²) in [7, 11) is 1.33. The van der Waals surface area contributed by atoms with Crippen molar-refractivity contribution in [2.45, 2.75) is 26.2 Å². The molecule has 0 unspecified atom stereocenters. The predicted octanol–water partition coefficient (Wildman–Crippen LogP) is 2.83. The maximum atomic E-state index is 8.13. The van der Waals surface area contributed by atoms with Crippen LogP contribution >= 0.6 is 0 Å². The second kappa shape index (κ2) is 5.19. The molecule has 0 saturated carbocycles. The summed E-state index contributed by atoms with van der Waals surface area (Å²) in [6, 6.07) is 4.68. The Bertz CT molecular complexity index is 673. The number of morpholine rings is 1. The SMILES string of the molecule is [2H]C1([2H])OC([2H])([2H])C([2H])([2H])N(c2ccc(C(C)(C)C)cc2OC)C1([2H])[2H]. The summed E-state index contributed by atoms with van der Waals surface area (Å²) in [4.78, 5) is 0.425. The number of hydrogen-bond donors (Lipinski definition) is 0. The van der Waals surface area contributed by atoms with Gasteiger partial charge in [-0.2, -0.15) is 0 Å². The van der Waals surface area contributed by atoms with Gasteiger partial charge >= 0.3 is 0 Å². The molecule has 0 N–H and O–H groups in total. The van der Waals surface area contributed by atoms with E-state index in [0.717, 1.165) is 5.56 Å². The molecule has 1 heterocycles. The quantitative estimate of drug-likeness (QED) is 0.813. The van der Waals surface area contributed by atoms with Crippen LogP contribution in [0.5, 0.6) is 5.75 Å². The molecule has 3 nitrogen and oxygen atoms in total. The van der Waals surface area contributed by atoms with Gasteiger partial charge in [-0.05, 0) is 23.1 Å². The van der Waals surface area contributed by atoms with Crippen LogP contribution in [0, 0.1) is 0 Å². The van der Waals surface area contributed by atoms with Crippen molar-refractivity contribution in [2.75, 3.05) is 38.1 Å². The van der Waals surface area contributed by atoms with Crippen molar-refractivity contribution in [1.82, 2.24) is 0 Å². The van der Waals surface area contributed by atoms with Gasteiger partial charge in [0.1, 0.15) is 5.75 Å². The zero-order valence-electron chi connectivity index (χ0n) is 19.0. The highest BCUT2D eigenvalue weighted by Gasteiger charge is 2.19. The predicted molar refractivity (Wildman–Crippen MR) is 74.7 cm³/mol. The number of rotatable bonds is 2. The molecule has 1 aliphatic rings. The van der Waals surface area contributed by atoms with Gasteiger partial charge in [0.25, 0.3) is 0 Å². The molecule has 0 amide bonds. The Hall–Kier alpha value is -1.22. The Morgan fingerprint density at radius 3 is 2.50 bits per heavy atom. The minimum absolute atomic E-state index is 0.105. The maximum Gasteiger partial charge on any atom is 0.142 e. The highest BCUT2D eigenvalue weighted by atomic mass is 16.5. The van der Waals surface area contributed by atoms with E-state index in [2.05, 4.69) is 4.74 Å². The molecule has 0 spiro atoms. The third-order valence-electron chi connectivity index (χ3n) is 2.70. The van der Waals surface area contributed by atoms with E-state index >= 15 is 0 Å². The topological polar surface area (TPSA) is 21.7 Å². The lowest BCUT2D eigenvalue weighted by molar-refractivity contribution is 0.122. The van der Waals surface area contributed by atoms with Crippen molar-refractivity contribution < 1.29 is 20.4 Å². The van der Waals surface area contributed by atoms with Crippen LogP contribution in [-0.2, 0) is 10.2 Å². The van der Waals surface area contributed by atoms with Crippen molar-refractivity contribution in [1.29, 1.82) is 0 Å². The van der Waals surface area contributed by atoms with Gasteiger partial charge in [0.15, 0.2) is 0 Å². The molecule has 100 valence electrons. The van der Waals surface area contributed by atoms with E-state index < -0.39 is 26.1 Å². The van der Waals surface area contributed by atoms with Gasteiger partial charge in [-0.25, -0.2) is 0 Å². The summed E-state index contributed by atoms with van der Waals surface area (Å²) in [6.45, 7) is -6.31. The fourth-order valence-corrected chi connectivity index (χ4v) is 1.64. The van der Waals surface area contributed by atoms with Gasteiger partial charge in [-0.3, -0.25) is 0 Å². The van der Waals surface area contributed by atoms with E-state index in [1.807, 2.05) is 20.8 Å². The van der Waals surface area contributed by atoms with Crippen molar-refractivity contribution in [3.63, 3.8) is 0 Å². The molecule has 0 aromatic heterocycles. The van der Waals surface area contributed by atoms with Gasteiger partial charge in [-0.1, -0.05) is 26.8 Å². The van der Waals surface area contributed by atoms with E-state index in [4.69, 9.17) is 15.7 Å². The van der Waals surface area contributed by atoms with Gasteiger partial charge in [0.2, 0.25) is 0 Å². The van der Waals surface area contributed by atoms with Gasteiger partial charge in [-0.15, -0.1) is 0 Å². The zero-order chi connectivity index (χ0) is 20.3. The molecule has 3 heteroatoms. The molecule has 2 rings (SSSR count). The highest BCUT2D eigenvalue weighted by Crippen LogP contribution is 2.34. The molecule has 18 heavy (non-hydrogen) atoms. The van der Waals surface area contributed by atoms with Crippen molar-refractivity contribution in [3.8, 4) is 5.75 Å². The second-order valence-corrected chi connectivity index (χ2v) is 5.00. The first kappa shape index (κ1) is 6.29. The average Bonchev–Trinajstić information content (AvgIpc) is 2.43. The Morgan fingerprint density at radius 2 is 1.94 bits per heavy atom. The molecule has 1 fully saturated rings. The number of hydrogen-bond acceptors (Lipinski definition) is 3. The Balaban J connectivity index is 2.74. The Kier molecular flexibility index (Phi) is 1.81. The zero-order valence-corrected chi connectivity index (χ0v) is 11.0. The fourth-order valence-electron chi connectivity index (χ4n) is 1.64. The van der Waals surface area contributed by atoms with E-state index in [1.54, 1.807) is 12.1 Å². The summed E-state index contributed by atoms with van der Waals surface area (Å²) in [5.74, 6) is 0.110. The maximum absolute atomic E-state index is 8.13. The first-order valence-corrected chi connectivity index (χ1v) is 5.68. The first-order chi connectivity index (χ1) is 11.5.